The molecule has 12 heavy (non-hydrogen) atoms. The van der Waals surface area contributed by atoms with Crippen LogP contribution in [0.2, 0.25) is 0 Å². The molecule has 0 amide bonds. The zero-order valence-electron chi connectivity index (χ0n) is 6.92. The zero-order chi connectivity index (χ0) is 9.41. The Hall–Kier alpha value is 0.630. The summed E-state index contributed by atoms with van der Waals surface area (Å²) >= 11 is 8.18. The summed E-state index contributed by atoms with van der Waals surface area (Å²) in [7, 11) is 0. The first-order chi connectivity index (χ1) is 5.40. The quantitative estimate of drug-likeness (QED) is 0.671. The van der Waals surface area contributed by atoms with Gasteiger partial charge in [0.2, 0.25) is 0 Å². The Morgan fingerprint density at radius 2 is 2.17 bits per heavy atom. The average Bonchev–Trinajstić information content (AvgIpc) is 2.57. The molecular weight excluding hydrogens is 249 g/mol. The lowest BCUT2D eigenvalue weighted by Gasteiger charge is -2.14. The van der Waals surface area contributed by atoms with Crippen LogP contribution in [0.25, 0.3) is 0 Å². The molecule has 0 aromatic carbocycles. The largest absolute Gasteiger partial charge is 0.321 e. The molecule has 0 bridgehead atoms. The fourth-order valence-corrected chi connectivity index (χ4v) is 2.70. The fraction of sp³-hybridized carbons (Fsp3) is 1.00. The molecule has 0 saturated heterocycles. The van der Waals surface area contributed by atoms with E-state index in [1.54, 1.807) is 0 Å². The van der Waals surface area contributed by atoms with Crippen LogP contribution in [0.15, 0.2) is 0 Å². The van der Waals surface area contributed by atoms with Crippen LogP contribution in [0.1, 0.15) is 26.2 Å². The molecule has 72 valence electrons. The summed E-state index contributed by atoms with van der Waals surface area (Å²) in [5, 5.41) is -2.20. The molecule has 0 aromatic rings. The lowest BCUT2D eigenvalue weighted by atomic mass is 10.0. The normalized spacial score (nSPS) is 35.2. The third kappa shape index (κ3) is 2.56. The van der Waals surface area contributed by atoms with Crippen molar-refractivity contribution in [3.63, 3.8) is 0 Å². The Balaban J connectivity index is 2.32. The molecule has 0 N–H and O–H groups in total. The van der Waals surface area contributed by atoms with E-state index in [9.17, 15) is 8.78 Å². The lowest BCUT2D eigenvalue weighted by Crippen LogP contribution is -2.12. The van der Waals surface area contributed by atoms with E-state index < -0.39 is 5.38 Å². The topological polar surface area (TPSA) is 0 Å². The highest BCUT2D eigenvalue weighted by atomic mass is 79.9. The Morgan fingerprint density at radius 1 is 1.67 bits per heavy atom. The molecule has 1 rings (SSSR count). The van der Waals surface area contributed by atoms with Gasteiger partial charge in [0, 0.05) is 11.8 Å². The summed E-state index contributed by atoms with van der Waals surface area (Å²) in [6.45, 7) is 2.09. The van der Waals surface area contributed by atoms with Gasteiger partial charge in [-0.15, -0.1) is 0 Å². The molecule has 0 spiro atoms. The molecule has 1 aliphatic carbocycles. The number of hydrogen-bond acceptors (Lipinski definition) is 0. The van der Waals surface area contributed by atoms with E-state index in [4.69, 9.17) is 11.6 Å². The van der Waals surface area contributed by atoms with Crippen LogP contribution in [-0.4, -0.2) is 10.7 Å². The second-order valence-corrected chi connectivity index (χ2v) is 4.83. The minimum absolute atomic E-state index is 0.109. The molecule has 0 radical (unpaired) electrons. The van der Waals surface area contributed by atoms with Gasteiger partial charge in [-0.25, -0.2) is 0 Å². The molecule has 0 heterocycles. The lowest BCUT2D eigenvalue weighted by molar-refractivity contribution is 0.0766. The van der Waals surface area contributed by atoms with Gasteiger partial charge in [-0.1, -0.05) is 22.9 Å². The standard InChI is InChI=1S/C8H12BrClF2/c1-6-4-7(6,5-9)2-3-8(10,11)12/h6H,2-5H2,1H3. The maximum absolute atomic E-state index is 12.3. The van der Waals surface area contributed by atoms with Crippen molar-refractivity contribution in [2.24, 2.45) is 11.3 Å². The van der Waals surface area contributed by atoms with Crippen LogP contribution < -0.4 is 0 Å². The van der Waals surface area contributed by atoms with Crippen molar-refractivity contribution in [1.82, 2.24) is 0 Å². The number of halogens is 4. The molecule has 1 fully saturated rings. The molecule has 2 atom stereocenters. The predicted molar refractivity (Wildman–Crippen MR) is 50.0 cm³/mol. The van der Waals surface area contributed by atoms with Crippen LogP contribution in [0.5, 0.6) is 0 Å². The Bertz CT molecular complexity index is 165. The van der Waals surface area contributed by atoms with Gasteiger partial charge in [-0.2, -0.15) is 8.78 Å². The summed E-state index contributed by atoms with van der Waals surface area (Å²) < 4.78 is 24.6. The smallest absolute Gasteiger partial charge is 0.188 e. The van der Waals surface area contributed by atoms with E-state index in [2.05, 4.69) is 22.9 Å². The van der Waals surface area contributed by atoms with Gasteiger partial charge in [0.15, 0.2) is 0 Å². The molecule has 2 unspecified atom stereocenters. The SMILES string of the molecule is CC1CC1(CBr)CCC(F)(F)Cl. The number of alkyl halides is 4. The van der Waals surface area contributed by atoms with Gasteiger partial charge < -0.3 is 0 Å². The van der Waals surface area contributed by atoms with Gasteiger partial charge in [-0.05, 0) is 35.8 Å². The van der Waals surface area contributed by atoms with Crippen molar-refractivity contribution in [3.05, 3.63) is 0 Å². The second-order valence-electron chi connectivity index (χ2n) is 3.72. The maximum atomic E-state index is 12.3. The number of hydrogen-bond donors (Lipinski definition) is 0. The molecule has 1 saturated carbocycles. The van der Waals surface area contributed by atoms with Crippen molar-refractivity contribution >= 4 is 27.5 Å². The second kappa shape index (κ2) is 3.41. The summed E-state index contributed by atoms with van der Waals surface area (Å²) in [5.41, 5.74) is 0.109. The monoisotopic (exact) mass is 260 g/mol. The van der Waals surface area contributed by atoms with Crippen LogP contribution in [-0.2, 0) is 0 Å². The zero-order valence-corrected chi connectivity index (χ0v) is 9.26. The van der Waals surface area contributed by atoms with Gasteiger partial charge in [0.25, 0.3) is 0 Å². The van der Waals surface area contributed by atoms with Crippen molar-refractivity contribution < 1.29 is 8.78 Å². The Labute approximate surface area is 84.8 Å². The van der Waals surface area contributed by atoms with Gasteiger partial charge >= 0.3 is 5.38 Å². The van der Waals surface area contributed by atoms with Gasteiger partial charge in [0.1, 0.15) is 0 Å². The Kier molecular flexibility index (Phi) is 3.04. The molecule has 1 aliphatic rings. The van der Waals surface area contributed by atoms with Crippen LogP contribution in [0.3, 0.4) is 0 Å². The third-order valence-corrected chi connectivity index (χ3v) is 4.08. The van der Waals surface area contributed by atoms with E-state index in [1.807, 2.05) is 0 Å². The molecular formula is C8H12BrClF2. The minimum Gasteiger partial charge on any atom is -0.188 e. The molecule has 4 heteroatoms. The van der Waals surface area contributed by atoms with E-state index in [0.29, 0.717) is 12.3 Å². The third-order valence-electron chi connectivity index (χ3n) is 2.77. The minimum atomic E-state index is -3.02. The molecule has 0 nitrogen and oxygen atoms in total. The summed E-state index contributed by atoms with van der Waals surface area (Å²) in [4.78, 5) is 0. The predicted octanol–water partition coefficient (Wildman–Crippen LogP) is 4.02. The average molecular weight is 262 g/mol. The van der Waals surface area contributed by atoms with Crippen molar-refractivity contribution in [3.8, 4) is 0 Å². The van der Waals surface area contributed by atoms with Crippen LogP contribution in [0.4, 0.5) is 8.78 Å². The van der Waals surface area contributed by atoms with E-state index >= 15 is 0 Å². The number of rotatable bonds is 4. The summed E-state index contributed by atoms with van der Waals surface area (Å²) in [5.74, 6) is 0.566. The van der Waals surface area contributed by atoms with Crippen molar-refractivity contribution in [2.45, 2.75) is 31.6 Å². The highest BCUT2D eigenvalue weighted by Crippen LogP contribution is 2.57. The summed E-state index contributed by atoms with van der Waals surface area (Å²) in [6.07, 6.45) is 1.37. The molecule has 0 aliphatic heterocycles. The van der Waals surface area contributed by atoms with E-state index in [1.165, 1.54) is 0 Å². The highest BCUT2D eigenvalue weighted by molar-refractivity contribution is 9.09. The van der Waals surface area contributed by atoms with E-state index in [0.717, 1.165) is 11.8 Å². The van der Waals surface area contributed by atoms with Gasteiger partial charge in [0.05, 0.1) is 0 Å². The van der Waals surface area contributed by atoms with Gasteiger partial charge in [-0.3, -0.25) is 0 Å². The van der Waals surface area contributed by atoms with Crippen LogP contribution >= 0.6 is 27.5 Å². The van der Waals surface area contributed by atoms with Crippen molar-refractivity contribution in [2.75, 3.05) is 5.33 Å². The van der Waals surface area contributed by atoms with Crippen molar-refractivity contribution in [1.29, 1.82) is 0 Å². The van der Waals surface area contributed by atoms with E-state index in [-0.39, 0.29) is 11.8 Å². The first-order valence-electron chi connectivity index (χ1n) is 4.02. The van der Waals surface area contributed by atoms with Crippen LogP contribution in [0, 0.1) is 11.3 Å². The maximum Gasteiger partial charge on any atom is 0.321 e. The highest BCUT2D eigenvalue weighted by Gasteiger charge is 2.50. The fourth-order valence-electron chi connectivity index (χ4n) is 1.54. The molecule has 0 aromatic heterocycles. The Morgan fingerprint density at radius 3 is 2.42 bits per heavy atom. The first-order valence-corrected chi connectivity index (χ1v) is 5.52. The first kappa shape index (κ1) is 10.7. The summed E-state index contributed by atoms with van der Waals surface area (Å²) in [6, 6.07) is 0.